The van der Waals surface area contributed by atoms with Gasteiger partial charge >= 0.3 is 6.09 Å². The van der Waals surface area contributed by atoms with Crippen LogP contribution < -0.4 is 10.5 Å². The third-order valence-electron chi connectivity index (χ3n) is 4.63. The maximum atomic E-state index is 12.2. The highest BCUT2D eigenvalue weighted by atomic mass is 32.2. The molecule has 0 bridgehead atoms. The number of carboxylic acid groups (broad SMARTS) is 1. The number of nitrogens with zero attached hydrogens (tertiary/aromatic N) is 5. The van der Waals surface area contributed by atoms with Crippen molar-refractivity contribution in [1.29, 1.82) is 0 Å². The van der Waals surface area contributed by atoms with Crippen molar-refractivity contribution in [2.75, 3.05) is 12.3 Å². The van der Waals surface area contributed by atoms with Crippen molar-refractivity contribution in [1.82, 2.24) is 29.3 Å². The maximum absolute atomic E-state index is 12.2. The first-order chi connectivity index (χ1) is 14.8. The normalized spacial score (nSPS) is 11.6. The van der Waals surface area contributed by atoms with Gasteiger partial charge in [0.1, 0.15) is 0 Å². The number of nitrogen functional groups attached to an aromatic ring is 1. The number of hydrogen-bond acceptors (Lipinski definition) is 7. The topological polar surface area (TPSA) is 158 Å². The van der Waals surface area contributed by atoms with Crippen LogP contribution in [0, 0.1) is 0 Å². The Kier molecular flexibility index (Phi) is 7.36. The molecule has 3 rings (SSSR count). The lowest BCUT2D eigenvalue weighted by Gasteiger charge is -2.06. The van der Waals surface area contributed by atoms with E-state index in [1.807, 2.05) is 6.20 Å². The Morgan fingerprint density at radius 1 is 1.06 bits per heavy atom. The van der Waals surface area contributed by atoms with Crippen LogP contribution in [0.2, 0.25) is 0 Å². The fourth-order valence-corrected chi connectivity index (χ4v) is 4.09. The summed E-state index contributed by atoms with van der Waals surface area (Å²) in [7, 11) is -3.53. The van der Waals surface area contributed by atoms with Gasteiger partial charge in [-0.1, -0.05) is 29.8 Å². The molecule has 3 aromatic rings. The summed E-state index contributed by atoms with van der Waals surface area (Å²) in [4.78, 5) is 15.2. The van der Waals surface area contributed by atoms with Crippen molar-refractivity contribution in [3.8, 4) is 0 Å². The minimum atomic E-state index is -3.53. The van der Waals surface area contributed by atoms with E-state index in [4.69, 9.17) is 10.8 Å². The number of hydrogen-bond donors (Lipinski definition) is 3. The molecule has 0 fully saturated rings. The monoisotopic (exact) mass is 447 g/mol. The zero-order valence-corrected chi connectivity index (χ0v) is 17.7. The van der Waals surface area contributed by atoms with E-state index >= 15 is 0 Å². The highest BCUT2D eigenvalue weighted by Crippen LogP contribution is 2.11. The molecule has 0 atom stereocenters. The van der Waals surface area contributed by atoms with Gasteiger partial charge in [0.25, 0.3) is 0 Å². The molecule has 0 aliphatic rings. The van der Waals surface area contributed by atoms with E-state index < -0.39 is 16.1 Å². The zero-order chi connectivity index (χ0) is 22.3. The lowest BCUT2D eigenvalue weighted by Crippen LogP contribution is -2.27. The average molecular weight is 448 g/mol. The van der Waals surface area contributed by atoms with Crippen molar-refractivity contribution < 1.29 is 18.3 Å². The minimum Gasteiger partial charge on any atom is -0.464 e. The van der Waals surface area contributed by atoms with Gasteiger partial charge in [0.15, 0.2) is 0 Å². The Hall–Kier alpha value is -3.25. The van der Waals surface area contributed by atoms with Crippen molar-refractivity contribution >= 4 is 22.1 Å². The molecule has 2 heterocycles. The molecular weight excluding hydrogens is 422 g/mol. The number of anilines is 1. The summed E-state index contributed by atoms with van der Waals surface area (Å²) in [6.45, 7) is 0.596. The molecule has 1 aromatic carbocycles. The van der Waals surface area contributed by atoms with Gasteiger partial charge in [-0.2, -0.15) is 0 Å². The summed E-state index contributed by atoms with van der Waals surface area (Å²) in [5, 5.41) is 17.1. The zero-order valence-electron chi connectivity index (χ0n) is 16.9. The van der Waals surface area contributed by atoms with Crippen molar-refractivity contribution in [2.24, 2.45) is 0 Å². The van der Waals surface area contributed by atoms with E-state index in [1.54, 1.807) is 35.0 Å². The predicted octanol–water partition coefficient (Wildman–Crippen LogP) is 1.52. The second-order valence-electron chi connectivity index (χ2n) is 6.99. The fourth-order valence-electron chi connectivity index (χ4n) is 3.05. The van der Waals surface area contributed by atoms with Gasteiger partial charge < -0.3 is 10.8 Å². The summed E-state index contributed by atoms with van der Waals surface area (Å²) < 4.78 is 29.5. The van der Waals surface area contributed by atoms with Gasteiger partial charge in [0.2, 0.25) is 16.0 Å². The second-order valence-corrected chi connectivity index (χ2v) is 8.75. The molecule has 0 unspecified atom stereocenters. The second kappa shape index (κ2) is 10.2. The smallest absolute Gasteiger partial charge is 0.418 e. The van der Waals surface area contributed by atoms with Gasteiger partial charge in [-0.25, -0.2) is 27.5 Å². The number of aromatic nitrogens is 5. The highest BCUT2D eigenvalue weighted by Gasteiger charge is 2.13. The number of nitrogens with one attached hydrogen (secondary N) is 1. The third kappa shape index (κ3) is 6.36. The van der Waals surface area contributed by atoms with E-state index in [1.165, 1.54) is 6.20 Å². The van der Waals surface area contributed by atoms with Gasteiger partial charge in [-0.05, 0) is 37.8 Å². The van der Waals surface area contributed by atoms with Crippen LogP contribution in [-0.2, 0) is 29.4 Å². The minimum absolute atomic E-state index is 0.0230. The van der Waals surface area contributed by atoms with Crippen LogP contribution in [0.5, 0.6) is 0 Å². The van der Waals surface area contributed by atoms with E-state index in [9.17, 15) is 13.2 Å². The fraction of sp³-hybridized carbons (Fsp3) is 0.368. The number of sulfonamides is 1. The van der Waals surface area contributed by atoms with Crippen molar-refractivity contribution in [3.63, 3.8) is 0 Å². The Balaban J connectivity index is 1.35. The molecular formula is C19H25N7O4S. The number of aryl methyl sites for hydroxylation is 2. The summed E-state index contributed by atoms with van der Waals surface area (Å²) in [6, 6.07) is 8.20. The summed E-state index contributed by atoms with van der Waals surface area (Å²) >= 11 is 0. The molecule has 0 radical (unpaired) electrons. The number of benzene rings is 1. The molecule has 2 aromatic heterocycles. The van der Waals surface area contributed by atoms with Crippen LogP contribution in [0.25, 0.3) is 0 Å². The van der Waals surface area contributed by atoms with Crippen molar-refractivity contribution in [2.45, 2.75) is 43.5 Å². The molecule has 0 aliphatic carbocycles. The molecule has 12 heteroatoms. The molecule has 31 heavy (non-hydrogen) atoms. The van der Waals surface area contributed by atoms with Gasteiger partial charge in [0.05, 0.1) is 22.8 Å². The first-order valence-corrected chi connectivity index (χ1v) is 11.3. The SMILES string of the molecule is Nc1nc(CCCCCc2cn(CCNS(=O)(=O)c3ccccc3)nn2)cn1C(=O)O. The number of nitrogens with two attached hydrogens (primary N) is 1. The summed E-state index contributed by atoms with van der Waals surface area (Å²) in [6.07, 6.45) is 6.18. The molecule has 11 nitrogen and oxygen atoms in total. The van der Waals surface area contributed by atoms with Crippen molar-refractivity contribution in [3.05, 3.63) is 54.1 Å². The predicted molar refractivity (Wildman–Crippen MR) is 113 cm³/mol. The van der Waals surface area contributed by atoms with E-state index in [0.29, 0.717) is 18.7 Å². The Labute approximate surface area is 180 Å². The summed E-state index contributed by atoms with van der Waals surface area (Å²) in [5.41, 5.74) is 7.05. The van der Waals surface area contributed by atoms with E-state index in [2.05, 4.69) is 20.0 Å². The third-order valence-corrected chi connectivity index (χ3v) is 6.10. The van der Waals surface area contributed by atoms with Crippen LogP contribution in [-0.4, -0.2) is 50.7 Å². The first-order valence-electron chi connectivity index (χ1n) is 9.86. The highest BCUT2D eigenvalue weighted by molar-refractivity contribution is 7.89. The Bertz CT molecular complexity index is 1110. The van der Waals surface area contributed by atoms with E-state index in [0.717, 1.165) is 35.9 Å². The average Bonchev–Trinajstić information content (AvgIpc) is 3.34. The molecule has 4 N–H and O–H groups in total. The van der Waals surface area contributed by atoms with Crippen LogP contribution in [0.1, 0.15) is 30.7 Å². The summed E-state index contributed by atoms with van der Waals surface area (Å²) in [5.74, 6) is -0.0230. The molecule has 0 aliphatic heterocycles. The largest absolute Gasteiger partial charge is 0.464 e. The number of carbonyl (C=O) groups is 1. The number of imidazole rings is 1. The van der Waals surface area contributed by atoms with Crippen LogP contribution in [0.15, 0.2) is 47.6 Å². The quantitative estimate of drug-likeness (QED) is 0.373. The molecule has 0 spiro atoms. The van der Waals surface area contributed by atoms with Crippen LogP contribution >= 0.6 is 0 Å². The number of rotatable bonds is 11. The van der Waals surface area contributed by atoms with Crippen LogP contribution in [0.4, 0.5) is 10.7 Å². The lowest BCUT2D eigenvalue weighted by molar-refractivity contribution is 0.197. The molecule has 0 amide bonds. The standard InChI is InChI=1S/C19H25N7O4S/c20-18-22-15(14-26(18)19(27)28)7-3-1-4-8-16-13-25(24-23-16)12-11-21-31(29,30)17-9-5-2-6-10-17/h2,5-6,9-10,13-14,21H,1,3-4,7-8,11-12H2,(H2,20,22)(H,27,28). The molecule has 166 valence electrons. The van der Waals surface area contributed by atoms with E-state index in [-0.39, 0.29) is 17.4 Å². The van der Waals surface area contributed by atoms with Crippen LogP contribution in [0.3, 0.4) is 0 Å². The lowest BCUT2D eigenvalue weighted by atomic mass is 10.1. The number of unbranched alkanes of at least 4 members (excludes halogenated alkanes) is 2. The Morgan fingerprint density at radius 3 is 2.45 bits per heavy atom. The maximum Gasteiger partial charge on any atom is 0.418 e. The van der Waals surface area contributed by atoms with Gasteiger partial charge in [0, 0.05) is 18.9 Å². The Morgan fingerprint density at radius 2 is 1.77 bits per heavy atom. The van der Waals surface area contributed by atoms with Gasteiger partial charge in [-0.3, -0.25) is 4.68 Å². The molecule has 0 saturated carbocycles. The van der Waals surface area contributed by atoms with Gasteiger partial charge in [-0.15, -0.1) is 5.10 Å². The first kappa shape index (κ1) is 22.4. The molecule has 0 saturated heterocycles.